The van der Waals surface area contributed by atoms with Gasteiger partial charge < -0.3 is 18.9 Å². The largest absolute Gasteiger partial charge is 0.493 e. The first-order valence-electron chi connectivity index (χ1n) is 11.8. The van der Waals surface area contributed by atoms with Crippen LogP contribution < -0.4 is 9.47 Å². The van der Waals surface area contributed by atoms with Gasteiger partial charge in [0.15, 0.2) is 11.5 Å². The molecule has 1 aliphatic rings. The second-order valence-electron chi connectivity index (χ2n) is 8.59. The first-order chi connectivity index (χ1) is 17.0. The van der Waals surface area contributed by atoms with Crippen LogP contribution in [0.5, 0.6) is 11.5 Å². The number of methoxy groups -OCH3 is 2. The number of hydrogen-bond donors (Lipinski definition) is 0. The number of ether oxygens (including phenoxy) is 2. The minimum Gasteiger partial charge on any atom is -0.493 e. The number of aromatic nitrogens is 1. The maximum absolute atomic E-state index is 13.2. The number of rotatable bonds is 9. The predicted octanol–water partition coefficient (Wildman–Crippen LogP) is 3.82. The van der Waals surface area contributed by atoms with E-state index in [0.29, 0.717) is 56.0 Å². The first-order valence-corrected chi connectivity index (χ1v) is 12.7. The highest BCUT2D eigenvalue weighted by atomic mass is 32.1. The number of aryl methyl sites for hydroxylation is 1. The highest BCUT2D eigenvalue weighted by molar-refractivity contribution is 7.17. The summed E-state index contributed by atoms with van der Waals surface area (Å²) in [6.07, 6.45) is 2.23. The molecule has 1 aliphatic heterocycles. The van der Waals surface area contributed by atoms with Crippen molar-refractivity contribution >= 4 is 39.8 Å². The van der Waals surface area contributed by atoms with Crippen molar-refractivity contribution in [3.05, 3.63) is 47.0 Å². The number of carbonyl (C=O) groups is 3. The Morgan fingerprint density at radius 1 is 1.11 bits per heavy atom. The van der Waals surface area contributed by atoms with E-state index in [1.54, 1.807) is 25.6 Å². The van der Waals surface area contributed by atoms with Gasteiger partial charge in [0.25, 0.3) is 5.91 Å². The molecule has 9 heteroatoms. The summed E-state index contributed by atoms with van der Waals surface area (Å²) in [4.78, 5) is 41.1. The molecule has 4 rings (SSSR count). The Hall–Kier alpha value is -3.33. The molecule has 0 unspecified atom stereocenters. The molecule has 2 aromatic heterocycles. The smallest absolute Gasteiger partial charge is 0.270 e. The molecule has 0 bridgehead atoms. The molecule has 1 saturated heterocycles. The van der Waals surface area contributed by atoms with E-state index < -0.39 is 0 Å². The molecule has 186 valence electrons. The summed E-state index contributed by atoms with van der Waals surface area (Å²) < 4.78 is 13.7. The number of fused-ring (bicyclic) bond motifs is 1. The topological polar surface area (TPSA) is 81.1 Å². The van der Waals surface area contributed by atoms with Crippen LogP contribution in [0.15, 0.2) is 35.7 Å². The SMILES string of the molecule is CCn1c(C(=O)N2CCC(C(=O)N(C=O)CCc3ccc(OC)c(OC)c3)CC2)cc2sccc21. The van der Waals surface area contributed by atoms with E-state index in [2.05, 4.69) is 0 Å². The number of nitrogens with zero attached hydrogens (tertiary/aromatic N) is 3. The highest BCUT2D eigenvalue weighted by Crippen LogP contribution is 2.29. The molecule has 3 heterocycles. The van der Waals surface area contributed by atoms with Crippen molar-refractivity contribution in [3.63, 3.8) is 0 Å². The molecule has 0 N–H and O–H groups in total. The van der Waals surface area contributed by atoms with Crippen LogP contribution in [0.2, 0.25) is 0 Å². The van der Waals surface area contributed by atoms with E-state index in [1.165, 1.54) is 4.90 Å². The third kappa shape index (κ3) is 5.05. The molecular formula is C26H31N3O5S. The lowest BCUT2D eigenvalue weighted by atomic mass is 9.95. The first kappa shape index (κ1) is 24.8. The zero-order chi connectivity index (χ0) is 24.9. The van der Waals surface area contributed by atoms with Crippen molar-refractivity contribution in [2.75, 3.05) is 33.9 Å². The Balaban J connectivity index is 1.34. The van der Waals surface area contributed by atoms with E-state index in [0.717, 1.165) is 22.3 Å². The molecule has 0 spiro atoms. The standard InChI is InChI=1S/C26H31N3O5S/c1-4-29-20-10-14-35-24(20)16-21(29)26(32)27-12-8-19(9-13-27)25(31)28(17-30)11-7-18-5-6-22(33-2)23(15-18)34-3/h5-6,10,14-17,19H,4,7-9,11-13H2,1-3H3. The maximum Gasteiger partial charge on any atom is 0.270 e. The number of carbonyl (C=O) groups excluding carboxylic acids is 3. The number of piperidine rings is 1. The van der Waals surface area contributed by atoms with Gasteiger partial charge >= 0.3 is 0 Å². The molecule has 3 aromatic rings. The monoisotopic (exact) mass is 497 g/mol. The van der Waals surface area contributed by atoms with Crippen molar-refractivity contribution in [1.82, 2.24) is 14.4 Å². The van der Waals surface area contributed by atoms with Gasteiger partial charge in [-0.15, -0.1) is 11.3 Å². The van der Waals surface area contributed by atoms with Gasteiger partial charge in [0.2, 0.25) is 12.3 Å². The number of amides is 3. The summed E-state index contributed by atoms with van der Waals surface area (Å²) in [6.45, 7) is 4.05. The normalized spacial score (nSPS) is 14.2. The Morgan fingerprint density at radius 2 is 1.86 bits per heavy atom. The molecule has 8 nitrogen and oxygen atoms in total. The average Bonchev–Trinajstić information content (AvgIpc) is 3.49. The van der Waals surface area contributed by atoms with E-state index in [4.69, 9.17) is 9.47 Å². The summed E-state index contributed by atoms with van der Waals surface area (Å²) in [5, 5.41) is 2.03. The Morgan fingerprint density at radius 3 is 2.51 bits per heavy atom. The molecule has 0 atom stereocenters. The van der Waals surface area contributed by atoms with Gasteiger partial charge in [-0.25, -0.2) is 0 Å². The van der Waals surface area contributed by atoms with Gasteiger partial charge in [-0.3, -0.25) is 19.3 Å². The zero-order valence-corrected chi connectivity index (χ0v) is 21.2. The van der Waals surface area contributed by atoms with Gasteiger partial charge in [-0.2, -0.15) is 0 Å². The molecule has 1 fully saturated rings. The summed E-state index contributed by atoms with van der Waals surface area (Å²) in [5.41, 5.74) is 2.73. The summed E-state index contributed by atoms with van der Waals surface area (Å²) in [5.74, 6) is 0.801. The second-order valence-corrected chi connectivity index (χ2v) is 9.53. The average molecular weight is 498 g/mol. The van der Waals surface area contributed by atoms with Crippen LogP contribution >= 0.6 is 11.3 Å². The van der Waals surface area contributed by atoms with E-state index >= 15 is 0 Å². The molecule has 0 radical (unpaired) electrons. The van der Waals surface area contributed by atoms with Crippen LogP contribution in [-0.4, -0.2) is 66.4 Å². The van der Waals surface area contributed by atoms with E-state index in [1.807, 2.05) is 52.1 Å². The Labute approximate surface area is 209 Å². The molecule has 0 aliphatic carbocycles. The van der Waals surface area contributed by atoms with Crippen LogP contribution in [-0.2, 0) is 22.6 Å². The van der Waals surface area contributed by atoms with Gasteiger partial charge in [0.1, 0.15) is 5.69 Å². The van der Waals surface area contributed by atoms with Crippen molar-refractivity contribution < 1.29 is 23.9 Å². The molecular weight excluding hydrogens is 466 g/mol. The third-order valence-corrected chi connectivity index (χ3v) is 7.54. The lowest BCUT2D eigenvalue weighted by Gasteiger charge is -2.33. The lowest BCUT2D eigenvalue weighted by Crippen LogP contribution is -2.45. The van der Waals surface area contributed by atoms with E-state index in [-0.39, 0.29) is 24.3 Å². The maximum atomic E-state index is 13.2. The predicted molar refractivity (Wildman–Crippen MR) is 135 cm³/mol. The summed E-state index contributed by atoms with van der Waals surface area (Å²) in [6, 6.07) is 9.57. The summed E-state index contributed by atoms with van der Waals surface area (Å²) in [7, 11) is 3.15. The van der Waals surface area contributed by atoms with Crippen molar-refractivity contribution in [2.24, 2.45) is 5.92 Å². The van der Waals surface area contributed by atoms with Crippen LogP contribution in [0.3, 0.4) is 0 Å². The van der Waals surface area contributed by atoms with Crippen molar-refractivity contribution in [2.45, 2.75) is 32.7 Å². The molecule has 35 heavy (non-hydrogen) atoms. The number of imide groups is 1. The fraction of sp³-hybridized carbons (Fsp3) is 0.423. The molecule has 3 amide bonds. The number of hydrogen-bond acceptors (Lipinski definition) is 6. The molecule has 0 saturated carbocycles. The van der Waals surface area contributed by atoms with Crippen LogP contribution in [0.4, 0.5) is 0 Å². The van der Waals surface area contributed by atoms with Gasteiger partial charge in [-0.05, 0) is 61.4 Å². The van der Waals surface area contributed by atoms with Gasteiger partial charge in [0, 0.05) is 32.1 Å². The fourth-order valence-corrected chi connectivity index (χ4v) is 5.54. The number of benzene rings is 1. The van der Waals surface area contributed by atoms with E-state index in [9.17, 15) is 14.4 Å². The Bertz CT molecular complexity index is 1210. The molecule has 1 aromatic carbocycles. The number of likely N-dealkylation sites (tertiary alicyclic amines) is 1. The lowest BCUT2D eigenvalue weighted by molar-refractivity contribution is -0.142. The fourth-order valence-electron chi connectivity index (χ4n) is 4.72. The minimum absolute atomic E-state index is 0.00171. The van der Waals surface area contributed by atoms with Crippen molar-refractivity contribution in [3.8, 4) is 11.5 Å². The van der Waals surface area contributed by atoms with Crippen molar-refractivity contribution in [1.29, 1.82) is 0 Å². The minimum atomic E-state index is -0.267. The number of thiophene rings is 1. The summed E-state index contributed by atoms with van der Waals surface area (Å²) >= 11 is 1.63. The van der Waals surface area contributed by atoms with Gasteiger partial charge in [0.05, 0.1) is 24.4 Å². The van der Waals surface area contributed by atoms with Gasteiger partial charge in [-0.1, -0.05) is 6.07 Å². The highest BCUT2D eigenvalue weighted by Gasteiger charge is 2.31. The second kappa shape index (κ2) is 10.9. The quantitative estimate of drug-likeness (QED) is 0.420. The van der Waals surface area contributed by atoms with Crippen LogP contribution in [0.25, 0.3) is 10.2 Å². The van der Waals surface area contributed by atoms with Crippen LogP contribution in [0.1, 0.15) is 35.8 Å². The Kier molecular flexibility index (Phi) is 7.75. The van der Waals surface area contributed by atoms with Crippen LogP contribution in [0, 0.1) is 5.92 Å². The zero-order valence-electron chi connectivity index (χ0n) is 20.4. The third-order valence-electron chi connectivity index (χ3n) is 6.69.